The highest BCUT2D eigenvalue weighted by atomic mass is 79.9. The van der Waals surface area contributed by atoms with Gasteiger partial charge in [-0.3, -0.25) is 0 Å². The highest BCUT2D eigenvalue weighted by Crippen LogP contribution is 2.17. The van der Waals surface area contributed by atoms with Crippen LogP contribution in [-0.4, -0.2) is 11.7 Å². The fourth-order valence-electron chi connectivity index (χ4n) is 1.78. The van der Waals surface area contributed by atoms with E-state index in [0.717, 1.165) is 15.6 Å². The number of aliphatic hydroxyl groups excluding tert-OH is 1. The third kappa shape index (κ3) is 4.35. The first-order chi connectivity index (χ1) is 9.15. The standard InChI is InChI=1S/C15H16BrNO2/c16-13-5-1-3-11(7-13)9-19-10-15(18)12-4-2-6-14(17)8-12/h1-8,15,18H,9-10,17H2. The number of nitrogens with two attached hydrogens (primary N) is 1. The molecule has 0 saturated carbocycles. The minimum absolute atomic E-state index is 0.246. The van der Waals surface area contributed by atoms with Crippen LogP contribution in [0.4, 0.5) is 5.69 Å². The largest absolute Gasteiger partial charge is 0.399 e. The summed E-state index contributed by atoms with van der Waals surface area (Å²) < 4.78 is 6.54. The van der Waals surface area contributed by atoms with Crippen LogP contribution in [0, 0.1) is 0 Å². The van der Waals surface area contributed by atoms with Crippen LogP contribution >= 0.6 is 15.9 Å². The van der Waals surface area contributed by atoms with E-state index in [9.17, 15) is 5.11 Å². The van der Waals surface area contributed by atoms with Crippen LogP contribution in [0.1, 0.15) is 17.2 Å². The van der Waals surface area contributed by atoms with Gasteiger partial charge in [-0.05, 0) is 35.4 Å². The van der Waals surface area contributed by atoms with E-state index >= 15 is 0 Å². The number of ether oxygens (including phenoxy) is 1. The normalized spacial score (nSPS) is 12.3. The number of hydrogen-bond acceptors (Lipinski definition) is 3. The maximum atomic E-state index is 9.99. The molecule has 0 aromatic heterocycles. The van der Waals surface area contributed by atoms with E-state index in [1.165, 1.54) is 0 Å². The molecule has 4 heteroatoms. The highest BCUT2D eigenvalue weighted by Gasteiger charge is 2.07. The van der Waals surface area contributed by atoms with Crippen molar-refractivity contribution in [1.29, 1.82) is 0 Å². The number of rotatable bonds is 5. The molecule has 0 saturated heterocycles. The van der Waals surface area contributed by atoms with Gasteiger partial charge in [0.25, 0.3) is 0 Å². The molecular formula is C15H16BrNO2. The SMILES string of the molecule is Nc1cccc(C(O)COCc2cccc(Br)c2)c1. The molecule has 100 valence electrons. The molecule has 0 bridgehead atoms. The van der Waals surface area contributed by atoms with Crippen molar-refractivity contribution in [1.82, 2.24) is 0 Å². The van der Waals surface area contributed by atoms with Gasteiger partial charge < -0.3 is 15.6 Å². The average Bonchev–Trinajstić information content (AvgIpc) is 2.38. The summed E-state index contributed by atoms with van der Waals surface area (Å²) in [5.41, 5.74) is 8.15. The van der Waals surface area contributed by atoms with Gasteiger partial charge in [0.1, 0.15) is 6.10 Å². The molecule has 19 heavy (non-hydrogen) atoms. The van der Waals surface area contributed by atoms with Crippen molar-refractivity contribution in [3.05, 3.63) is 64.1 Å². The van der Waals surface area contributed by atoms with Crippen molar-refractivity contribution in [2.45, 2.75) is 12.7 Å². The van der Waals surface area contributed by atoms with E-state index < -0.39 is 6.10 Å². The van der Waals surface area contributed by atoms with E-state index in [2.05, 4.69) is 15.9 Å². The Labute approximate surface area is 121 Å². The summed E-state index contributed by atoms with van der Waals surface area (Å²) in [5.74, 6) is 0. The molecule has 0 aliphatic heterocycles. The van der Waals surface area contributed by atoms with E-state index in [1.807, 2.05) is 36.4 Å². The van der Waals surface area contributed by atoms with Crippen LogP contribution in [0.2, 0.25) is 0 Å². The predicted octanol–water partition coefficient (Wildman–Crippen LogP) is 3.28. The van der Waals surface area contributed by atoms with Gasteiger partial charge in [0.2, 0.25) is 0 Å². The quantitative estimate of drug-likeness (QED) is 0.831. The zero-order chi connectivity index (χ0) is 13.7. The van der Waals surface area contributed by atoms with Crippen LogP contribution in [0.3, 0.4) is 0 Å². The predicted molar refractivity (Wildman–Crippen MR) is 79.6 cm³/mol. The van der Waals surface area contributed by atoms with Gasteiger partial charge in [-0.25, -0.2) is 0 Å². The Morgan fingerprint density at radius 3 is 2.68 bits per heavy atom. The first-order valence-corrected chi connectivity index (χ1v) is 6.80. The minimum Gasteiger partial charge on any atom is -0.399 e. The molecule has 2 rings (SSSR count). The van der Waals surface area contributed by atoms with Crippen LogP contribution in [0.5, 0.6) is 0 Å². The lowest BCUT2D eigenvalue weighted by molar-refractivity contribution is 0.0277. The molecule has 0 aliphatic carbocycles. The van der Waals surface area contributed by atoms with Gasteiger partial charge in [-0.1, -0.05) is 40.2 Å². The maximum absolute atomic E-state index is 9.99. The zero-order valence-electron chi connectivity index (χ0n) is 10.4. The number of halogens is 1. The van der Waals surface area contributed by atoms with Crippen LogP contribution < -0.4 is 5.73 Å². The Morgan fingerprint density at radius 2 is 1.95 bits per heavy atom. The maximum Gasteiger partial charge on any atom is 0.102 e. The van der Waals surface area contributed by atoms with Crippen LogP contribution in [0.15, 0.2) is 53.0 Å². The number of hydrogen-bond donors (Lipinski definition) is 2. The molecule has 1 atom stereocenters. The number of nitrogen functional groups attached to an aromatic ring is 1. The average molecular weight is 322 g/mol. The molecule has 1 unspecified atom stereocenters. The lowest BCUT2D eigenvalue weighted by Gasteiger charge is -2.12. The Morgan fingerprint density at radius 1 is 1.16 bits per heavy atom. The summed E-state index contributed by atoms with van der Waals surface area (Å²) >= 11 is 3.41. The fraction of sp³-hybridized carbons (Fsp3) is 0.200. The number of benzene rings is 2. The van der Waals surface area contributed by atoms with Crippen molar-refractivity contribution < 1.29 is 9.84 Å². The summed E-state index contributed by atoms with van der Waals surface area (Å²) in [6, 6.07) is 15.1. The number of anilines is 1. The Hall–Kier alpha value is -1.36. The van der Waals surface area contributed by atoms with Crippen LogP contribution in [0.25, 0.3) is 0 Å². The summed E-state index contributed by atoms with van der Waals surface area (Å²) in [6.45, 7) is 0.717. The number of aliphatic hydroxyl groups is 1. The van der Waals surface area contributed by atoms with Crippen LogP contribution in [-0.2, 0) is 11.3 Å². The molecule has 0 aliphatic rings. The van der Waals surface area contributed by atoms with Crippen molar-refractivity contribution >= 4 is 21.6 Å². The van der Waals surface area contributed by atoms with Crippen molar-refractivity contribution in [3.63, 3.8) is 0 Å². The van der Waals surface area contributed by atoms with E-state index in [0.29, 0.717) is 12.3 Å². The molecule has 0 spiro atoms. The van der Waals surface area contributed by atoms with Crippen molar-refractivity contribution in [2.24, 2.45) is 0 Å². The van der Waals surface area contributed by atoms with E-state index in [-0.39, 0.29) is 6.61 Å². The lowest BCUT2D eigenvalue weighted by Crippen LogP contribution is -2.07. The second kappa shape index (κ2) is 6.70. The Balaban J connectivity index is 1.85. The van der Waals surface area contributed by atoms with Gasteiger partial charge >= 0.3 is 0 Å². The summed E-state index contributed by atoms with van der Waals surface area (Å²) in [7, 11) is 0. The molecule has 2 aromatic carbocycles. The first kappa shape index (κ1) is 14.1. The van der Waals surface area contributed by atoms with Gasteiger partial charge in [0.05, 0.1) is 13.2 Å². The van der Waals surface area contributed by atoms with E-state index in [1.54, 1.807) is 12.1 Å². The zero-order valence-corrected chi connectivity index (χ0v) is 12.0. The third-order valence-electron chi connectivity index (χ3n) is 2.73. The smallest absolute Gasteiger partial charge is 0.102 e. The van der Waals surface area contributed by atoms with Gasteiger partial charge in [0, 0.05) is 10.2 Å². The topological polar surface area (TPSA) is 55.5 Å². The molecule has 3 N–H and O–H groups in total. The fourth-order valence-corrected chi connectivity index (χ4v) is 2.22. The minimum atomic E-state index is -0.657. The molecule has 0 fully saturated rings. The van der Waals surface area contributed by atoms with Gasteiger partial charge in [-0.15, -0.1) is 0 Å². The molecule has 0 heterocycles. The lowest BCUT2D eigenvalue weighted by atomic mass is 10.1. The molecule has 0 amide bonds. The first-order valence-electron chi connectivity index (χ1n) is 6.01. The highest BCUT2D eigenvalue weighted by molar-refractivity contribution is 9.10. The summed E-state index contributed by atoms with van der Waals surface area (Å²) in [4.78, 5) is 0. The summed E-state index contributed by atoms with van der Waals surface area (Å²) in [5, 5.41) is 9.99. The third-order valence-corrected chi connectivity index (χ3v) is 3.22. The summed E-state index contributed by atoms with van der Waals surface area (Å²) in [6.07, 6.45) is -0.657. The molecule has 0 radical (unpaired) electrons. The van der Waals surface area contributed by atoms with Crippen molar-refractivity contribution in [2.75, 3.05) is 12.3 Å². The monoisotopic (exact) mass is 321 g/mol. The second-order valence-corrected chi connectivity index (χ2v) is 5.25. The Bertz CT molecular complexity index is 545. The Kier molecular flexibility index (Phi) is 4.96. The molecule has 3 nitrogen and oxygen atoms in total. The van der Waals surface area contributed by atoms with Gasteiger partial charge in [0.15, 0.2) is 0 Å². The van der Waals surface area contributed by atoms with Crippen molar-refractivity contribution in [3.8, 4) is 0 Å². The van der Waals surface area contributed by atoms with E-state index in [4.69, 9.17) is 10.5 Å². The molecular weight excluding hydrogens is 306 g/mol. The van der Waals surface area contributed by atoms with Gasteiger partial charge in [-0.2, -0.15) is 0 Å². The molecule has 2 aromatic rings. The second-order valence-electron chi connectivity index (χ2n) is 4.33.